The number of esters is 2. The van der Waals surface area contributed by atoms with Crippen LogP contribution < -0.4 is 0 Å². The van der Waals surface area contributed by atoms with E-state index in [-0.39, 0.29) is 25.2 Å². The van der Waals surface area contributed by atoms with Crippen molar-refractivity contribution in [2.75, 3.05) is 19.8 Å². The highest BCUT2D eigenvalue weighted by Crippen LogP contribution is 2.15. The van der Waals surface area contributed by atoms with Gasteiger partial charge in [-0.05, 0) is 96.3 Å². The highest BCUT2D eigenvalue weighted by Gasteiger charge is 2.17. The Labute approximate surface area is 422 Å². The molecule has 0 fully saturated rings. The molecule has 0 aromatic rings. The van der Waals surface area contributed by atoms with Gasteiger partial charge in [0.05, 0.1) is 6.61 Å². The van der Waals surface area contributed by atoms with Gasteiger partial charge in [0, 0.05) is 19.4 Å². The topological polar surface area (TPSA) is 61.8 Å². The van der Waals surface area contributed by atoms with Crippen LogP contribution in [0, 0.1) is 0 Å². The van der Waals surface area contributed by atoms with Crippen LogP contribution in [-0.2, 0) is 23.8 Å². The third kappa shape index (κ3) is 55.7. The Morgan fingerprint density at radius 1 is 0.338 bits per heavy atom. The monoisotopic (exact) mass is 947 g/mol. The van der Waals surface area contributed by atoms with E-state index in [2.05, 4.69) is 106 Å². The highest BCUT2D eigenvalue weighted by molar-refractivity contribution is 5.70. The van der Waals surface area contributed by atoms with Crippen molar-refractivity contribution < 1.29 is 23.8 Å². The lowest BCUT2D eigenvalue weighted by atomic mass is 10.0. The maximum absolute atomic E-state index is 12.9. The lowest BCUT2D eigenvalue weighted by molar-refractivity contribution is -0.163. The summed E-state index contributed by atoms with van der Waals surface area (Å²) in [7, 11) is 0. The zero-order chi connectivity index (χ0) is 49.2. The molecular formula is C63H110O5. The van der Waals surface area contributed by atoms with E-state index >= 15 is 0 Å². The first kappa shape index (κ1) is 65.1. The van der Waals surface area contributed by atoms with Crippen molar-refractivity contribution in [1.29, 1.82) is 0 Å². The van der Waals surface area contributed by atoms with E-state index < -0.39 is 6.10 Å². The van der Waals surface area contributed by atoms with Crippen LogP contribution in [0.2, 0.25) is 0 Å². The molecule has 0 saturated heterocycles. The standard InChI is InChI=1S/C63H110O5/c1-4-7-10-13-16-19-22-25-28-30-32-34-36-38-41-44-47-50-53-56-62(64)67-60-61(59-66-58-55-52-49-46-43-40-27-24-21-18-15-12-9-6-3)68-63(65)57-54-51-48-45-42-39-37-35-33-31-29-26-23-20-17-14-11-8-5-2/h7,10,16-17,19-20,25-26,28-29,32,34,38,41,61H,4-6,8-9,11-15,18,21-24,27,30-31,33,35-37,39-40,42-60H2,1-3H3/b10-7-,19-16-,20-17-,28-25-,29-26-,34-32-,41-38-. The minimum absolute atomic E-state index is 0.0656. The Bertz CT molecular complexity index is 1250. The molecular weight excluding hydrogens is 837 g/mol. The van der Waals surface area contributed by atoms with Gasteiger partial charge in [0.2, 0.25) is 0 Å². The number of hydrogen-bond donors (Lipinski definition) is 0. The molecule has 0 aliphatic carbocycles. The third-order valence-electron chi connectivity index (χ3n) is 12.4. The van der Waals surface area contributed by atoms with Crippen LogP contribution in [-0.4, -0.2) is 37.9 Å². The molecule has 0 spiro atoms. The number of carbonyl (C=O) groups is 2. The van der Waals surface area contributed by atoms with E-state index in [1.54, 1.807) is 0 Å². The zero-order valence-corrected chi connectivity index (χ0v) is 45.1. The average molecular weight is 948 g/mol. The molecule has 0 rings (SSSR count). The molecule has 1 unspecified atom stereocenters. The summed E-state index contributed by atoms with van der Waals surface area (Å²) < 4.78 is 17.5. The van der Waals surface area contributed by atoms with E-state index in [1.165, 1.54) is 148 Å². The fourth-order valence-electron chi connectivity index (χ4n) is 8.10. The number of hydrogen-bond acceptors (Lipinski definition) is 5. The maximum atomic E-state index is 12.9. The van der Waals surface area contributed by atoms with Crippen LogP contribution in [0.15, 0.2) is 85.1 Å². The predicted octanol–water partition coefficient (Wildman–Crippen LogP) is 20.0. The van der Waals surface area contributed by atoms with Gasteiger partial charge in [-0.15, -0.1) is 0 Å². The first-order valence-electron chi connectivity index (χ1n) is 29.1. The SMILES string of the molecule is CC/C=C\C/C=C\C/C=C\C/C=C\C/C=C\CCCCCC(=O)OCC(COCCCCCCCCCCCCCCCC)OC(=O)CCCCCCCCCCC/C=C\C/C=C\CCCCC. The summed E-state index contributed by atoms with van der Waals surface area (Å²) in [6, 6.07) is 0. The summed E-state index contributed by atoms with van der Waals surface area (Å²) in [6.07, 6.45) is 77.4. The molecule has 5 nitrogen and oxygen atoms in total. The van der Waals surface area contributed by atoms with Gasteiger partial charge >= 0.3 is 11.9 Å². The summed E-state index contributed by atoms with van der Waals surface area (Å²) in [6.45, 7) is 7.68. The molecule has 68 heavy (non-hydrogen) atoms. The highest BCUT2D eigenvalue weighted by atomic mass is 16.6. The van der Waals surface area contributed by atoms with Gasteiger partial charge in [0.25, 0.3) is 0 Å². The van der Waals surface area contributed by atoms with E-state index in [4.69, 9.17) is 14.2 Å². The van der Waals surface area contributed by atoms with Crippen molar-refractivity contribution in [3.05, 3.63) is 85.1 Å². The first-order chi connectivity index (χ1) is 33.6. The largest absolute Gasteiger partial charge is 0.462 e. The van der Waals surface area contributed by atoms with Gasteiger partial charge in [-0.2, -0.15) is 0 Å². The predicted molar refractivity (Wildman–Crippen MR) is 297 cm³/mol. The minimum Gasteiger partial charge on any atom is -0.462 e. The Kier molecular flexibility index (Phi) is 55.9. The Morgan fingerprint density at radius 3 is 1.10 bits per heavy atom. The normalized spacial score (nSPS) is 12.8. The molecule has 0 aromatic carbocycles. The lowest BCUT2D eigenvalue weighted by Crippen LogP contribution is -2.30. The van der Waals surface area contributed by atoms with E-state index in [1.807, 2.05) is 0 Å². The van der Waals surface area contributed by atoms with Crippen molar-refractivity contribution in [3.63, 3.8) is 0 Å². The average Bonchev–Trinajstić information content (AvgIpc) is 3.34. The second-order valence-electron chi connectivity index (χ2n) is 19.2. The molecule has 392 valence electrons. The summed E-state index contributed by atoms with van der Waals surface area (Å²) >= 11 is 0. The van der Waals surface area contributed by atoms with E-state index in [0.717, 1.165) is 96.3 Å². The molecule has 5 heteroatoms. The number of rotatable bonds is 53. The van der Waals surface area contributed by atoms with Gasteiger partial charge in [0.1, 0.15) is 6.61 Å². The van der Waals surface area contributed by atoms with Crippen molar-refractivity contribution in [2.24, 2.45) is 0 Å². The van der Waals surface area contributed by atoms with Crippen molar-refractivity contribution in [3.8, 4) is 0 Å². The molecule has 0 bridgehead atoms. The summed E-state index contributed by atoms with van der Waals surface area (Å²) in [5, 5.41) is 0. The van der Waals surface area contributed by atoms with Crippen LogP contribution >= 0.6 is 0 Å². The van der Waals surface area contributed by atoms with Crippen LogP contribution in [0.25, 0.3) is 0 Å². The summed E-state index contributed by atoms with van der Waals surface area (Å²) in [5.74, 6) is -0.431. The Morgan fingerprint density at radius 2 is 0.662 bits per heavy atom. The van der Waals surface area contributed by atoms with Gasteiger partial charge in [-0.25, -0.2) is 0 Å². The van der Waals surface area contributed by atoms with Crippen LogP contribution in [0.4, 0.5) is 0 Å². The van der Waals surface area contributed by atoms with Crippen LogP contribution in [0.5, 0.6) is 0 Å². The van der Waals surface area contributed by atoms with Crippen molar-refractivity contribution in [1.82, 2.24) is 0 Å². The number of allylic oxidation sites excluding steroid dienone is 14. The molecule has 1 atom stereocenters. The fraction of sp³-hybridized carbons (Fsp3) is 0.746. The van der Waals surface area contributed by atoms with Gasteiger partial charge in [-0.1, -0.05) is 254 Å². The summed E-state index contributed by atoms with van der Waals surface area (Å²) in [4.78, 5) is 25.5. The fourth-order valence-corrected chi connectivity index (χ4v) is 8.10. The van der Waals surface area contributed by atoms with Crippen molar-refractivity contribution in [2.45, 2.75) is 284 Å². The number of ether oxygens (including phenoxy) is 3. The second kappa shape index (κ2) is 58.4. The Hall–Kier alpha value is -2.92. The molecule has 0 N–H and O–H groups in total. The maximum Gasteiger partial charge on any atom is 0.306 e. The van der Waals surface area contributed by atoms with Crippen molar-refractivity contribution >= 4 is 11.9 Å². The smallest absolute Gasteiger partial charge is 0.306 e. The second-order valence-corrected chi connectivity index (χ2v) is 19.2. The lowest BCUT2D eigenvalue weighted by Gasteiger charge is -2.18. The zero-order valence-electron chi connectivity index (χ0n) is 45.1. The quantitative estimate of drug-likeness (QED) is 0.0345. The van der Waals surface area contributed by atoms with Crippen LogP contribution in [0.3, 0.4) is 0 Å². The van der Waals surface area contributed by atoms with Gasteiger partial charge < -0.3 is 14.2 Å². The molecule has 0 heterocycles. The van der Waals surface area contributed by atoms with Gasteiger partial charge in [0.15, 0.2) is 6.10 Å². The molecule has 0 aliphatic heterocycles. The number of carbonyl (C=O) groups excluding carboxylic acids is 2. The first-order valence-corrected chi connectivity index (χ1v) is 29.1. The minimum atomic E-state index is -0.555. The molecule has 0 amide bonds. The van der Waals surface area contributed by atoms with Crippen LogP contribution in [0.1, 0.15) is 278 Å². The Balaban J connectivity index is 4.32. The molecule has 0 radical (unpaired) electrons. The van der Waals surface area contributed by atoms with E-state index in [0.29, 0.717) is 19.4 Å². The van der Waals surface area contributed by atoms with E-state index in [9.17, 15) is 9.59 Å². The summed E-state index contributed by atoms with van der Waals surface area (Å²) in [5.41, 5.74) is 0. The molecule has 0 aromatic heterocycles. The third-order valence-corrected chi connectivity index (χ3v) is 12.4. The molecule has 0 aliphatic rings. The number of unbranched alkanes of at least 4 members (excludes halogenated alkanes) is 28. The molecule has 0 saturated carbocycles. The van der Waals surface area contributed by atoms with Gasteiger partial charge in [-0.3, -0.25) is 9.59 Å².